The molecule has 1 heterocycles. The van der Waals surface area contributed by atoms with Gasteiger partial charge in [0.15, 0.2) is 0 Å². The van der Waals surface area contributed by atoms with Gasteiger partial charge in [0.25, 0.3) is 6.43 Å². The highest BCUT2D eigenvalue weighted by Crippen LogP contribution is 2.30. The van der Waals surface area contributed by atoms with E-state index in [0.717, 1.165) is 5.69 Å². The first kappa shape index (κ1) is 12.1. The van der Waals surface area contributed by atoms with E-state index in [1.807, 2.05) is 11.0 Å². The van der Waals surface area contributed by atoms with Crippen molar-refractivity contribution in [2.75, 3.05) is 18.0 Å². The van der Waals surface area contributed by atoms with Gasteiger partial charge in [-0.3, -0.25) is 0 Å². The van der Waals surface area contributed by atoms with Crippen LogP contribution in [0.1, 0.15) is 12.8 Å². The number of phenolic OH excluding ortho intramolecular Hbond substituents is 1. The Balaban J connectivity index is 2.04. The summed E-state index contributed by atoms with van der Waals surface area (Å²) in [7, 11) is 0. The zero-order chi connectivity index (χ0) is 12.5. The Bertz CT molecular complexity index is 390. The molecule has 1 saturated heterocycles. The maximum Gasteiger partial charge on any atom is 0.256 e. The normalized spacial score (nSPS) is 19.6. The molecular formula is C12H16F2N2O. The molecule has 1 fully saturated rings. The molecule has 1 aromatic carbocycles. The van der Waals surface area contributed by atoms with Gasteiger partial charge in [-0.25, -0.2) is 8.78 Å². The van der Waals surface area contributed by atoms with E-state index in [4.69, 9.17) is 5.73 Å². The summed E-state index contributed by atoms with van der Waals surface area (Å²) >= 11 is 0. The second-order valence-corrected chi connectivity index (χ2v) is 4.54. The van der Waals surface area contributed by atoms with Gasteiger partial charge in [-0.15, -0.1) is 0 Å². The third kappa shape index (κ3) is 2.49. The van der Waals surface area contributed by atoms with Crippen molar-refractivity contribution in [2.24, 2.45) is 5.73 Å². The van der Waals surface area contributed by atoms with Gasteiger partial charge in [0, 0.05) is 24.8 Å². The van der Waals surface area contributed by atoms with Crippen LogP contribution in [-0.2, 0) is 0 Å². The van der Waals surface area contributed by atoms with E-state index in [1.165, 1.54) is 0 Å². The smallest absolute Gasteiger partial charge is 0.256 e. The van der Waals surface area contributed by atoms with Crippen LogP contribution in [0.2, 0.25) is 0 Å². The third-order valence-corrected chi connectivity index (χ3v) is 3.32. The van der Waals surface area contributed by atoms with Crippen molar-refractivity contribution in [2.45, 2.75) is 24.8 Å². The average molecular weight is 242 g/mol. The molecule has 3 nitrogen and oxygen atoms in total. The summed E-state index contributed by atoms with van der Waals surface area (Å²) in [5, 5.41) is 9.36. The molecule has 0 aliphatic carbocycles. The van der Waals surface area contributed by atoms with E-state index >= 15 is 0 Å². The number of hydrogen-bond acceptors (Lipinski definition) is 3. The van der Waals surface area contributed by atoms with Crippen molar-refractivity contribution in [1.82, 2.24) is 0 Å². The van der Waals surface area contributed by atoms with E-state index in [2.05, 4.69) is 0 Å². The molecule has 0 spiro atoms. The van der Waals surface area contributed by atoms with Crippen LogP contribution in [0.4, 0.5) is 14.5 Å². The fraction of sp³-hybridized carbons (Fsp3) is 0.500. The molecule has 0 aromatic heterocycles. The number of nitrogens with two attached hydrogens (primary N) is 1. The fourth-order valence-electron chi connectivity index (χ4n) is 2.09. The number of anilines is 1. The molecule has 17 heavy (non-hydrogen) atoms. The fourth-order valence-corrected chi connectivity index (χ4v) is 2.09. The predicted octanol–water partition coefficient (Wildman–Crippen LogP) is 1.96. The van der Waals surface area contributed by atoms with Crippen LogP contribution in [-0.4, -0.2) is 30.2 Å². The number of rotatable bonds is 2. The standard InChI is InChI=1S/C12H16F2N2O/c13-11(14)12(15)4-6-16(7-5-12)9-2-1-3-10(17)8-9/h1-3,8,11,17H,4-7,15H2. The molecule has 0 bridgehead atoms. The van der Waals surface area contributed by atoms with Gasteiger partial charge in [0.2, 0.25) is 0 Å². The van der Waals surface area contributed by atoms with Gasteiger partial charge in [0.05, 0.1) is 5.54 Å². The zero-order valence-corrected chi connectivity index (χ0v) is 9.44. The molecule has 0 atom stereocenters. The minimum Gasteiger partial charge on any atom is -0.508 e. The molecule has 0 unspecified atom stereocenters. The first-order valence-corrected chi connectivity index (χ1v) is 5.62. The third-order valence-electron chi connectivity index (χ3n) is 3.32. The molecule has 3 N–H and O–H groups in total. The largest absolute Gasteiger partial charge is 0.508 e. The summed E-state index contributed by atoms with van der Waals surface area (Å²) in [5.74, 6) is 0.181. The minimum atomic E-state index is -2.48. The van der Waals surface area contributed by atoms with E-state index in [-0.39, 0.29) is 18.6 Å². The van der Waals surface area contributed by atoms with Gasteiger partial charge in [-0.2, -0.15) is 0 Å². The van der Waals surface area contributed by atoms with Gasteiger partial charge >= 0.3 is 0 Å². The van der Waals surface area contributed by atoms with Crippen LogP contribution < -0.4 is 10.6 Å². The van der Waals surface area contributed by atoms with Crippen LogP contribution >= 0.6 is 0 Å². The van der Waals surface area contributed by atoms with Crippen LogP contribution in [0.3, 0.4) is 0 Å². The lowest BCUT2D eigenvalue weighted by molar-refractivity contribution is 0.0391. The van der Waals surface area contributed by atoms with Crippen LogP contribution in [0.5, 0.6) is 5.75 Å². The summed E-state index contributed by atoms with van der Waals surface area (Å²) in [6.07, 6.45) is -1.95. The number of aromatic hydroxyl groups is 1. The van der Waals surface area contributed by atoms with E-state index in [0.29, 0.717) is 13.1 Å². The highest BCUT2D eigenvalue weighted by molar-refractivity contribution is 5.50. The molecule has 0 amide bonds. The lowest BCUT2D eigenvalue weighted by Crippen LogP contribution is -2.55. The SMILES string of the molecule is NC1(C(F)F)CCN(c2cccc(O)c2)CC1. The lowest BCUT2D eigenvalue weighted by atomic mass is 9.89. The van der Waals surface area contributed by atoms with Crippen molar-refractivity contribution < 1.29 is 13.9 Å². The van der Waals surface area contributed by atoms with Gasteiger partial charge < -0.3 is 15.7 Å². The second-order valence-electron chi connectivity index (χ2n) is 4.54. The average Bonchev–Trinajstić information content (AvgIpc) is 2.30. The number of benzene rings is 1. The summed E-state index contributed by atoms with van der Waals surface area (Å²) in [5.41, 5.74) is 5.14. The Hall–Kier alpha value is -1.36. The zero-order valence-electron chi connectivity index (χ0n) is 9.44. The minimum absolute atomic E-state index is 0.181. The highest BCUT2D eigenvalue weighted by Gasteiger charge is 2.38. The van der Waals surface area contributed by atoms with E-state index in [1.54, 1.807) is 18.2 Å². The van der Waals surface area contributed by atoms with Crippen LogP contribution in [0.25, 0.3) is 0 Å². The van der Waals surface area contributed by atoms with Crippen molar-refractivity contribution in [3.05, 3.63) is 24.3 Å². The maximum absolute atomic E-state index is 12.7. The highest BCUT2D eigenvalue weighted by atomic mass is 19.3. The summed E-state index contributed by atoms with van der Waals surface area (Å²) in [4.78, 5) is 1.97. The molecule has 94 valence electrons. The lowest BCUT2D eigenvalue weighted by Gasteiger charge is -2.39. The van der Waals surface area contributed by atoms with Crippen molar-refractivity contribution >= 4 is 5.69 Å². The van der Waals surface area contributed by atoms with Crippen LogP contribution in [0.15, 0.2) is 24.3 Å². The number of phenols is 1. The van der Waals surface area contributed by atoms with Gasteiger partial charge in [-0.05, 0) is 25.0 Å². The molecular weight excluding hydrogens is 226 g/mol. The first-order chi connectivity index (χ1) is 8.01. The molecule has 1 aliphatic rings. The maximum atomic E-state index is 12.7. The van der Waals surface area contributed by atoms with Crippen molar-refractivity contribution in [3.8, 4) is 5.75 Å². The van der Waals surface area contributed by atoms with E-state index in [9.17, 15) is 13.9 Å². The Morgan fingerprint density at radius 3 is 2.47 bits per heavy atom. The van der Waals surface area contributed by atoms with Gasteiger partial charge in [0.1, 0.15) is 5.75 Å². The molecule has 1 aromatic rings. The molecule has 1 aliphatic heterocycles. The summed E-state index contributed by atoms with van der Waals surface area (Å²) in [6, 6.07) is 6.80. The van der Waals surface area contributed by atoms with Crippen molar-refractivity contribution in [1.29, 1.82) is 0 Å². The summed E-state index contributed by atoms with van der Waals surface area (Å²) in [6.45, 7) is 0.981. The molecule has 0 saturated carbocycles. The topological polar surface area (TPSA) is 49.5 Å². The first-order valence-electron chi connectivity index (χ1n) is 5.62. The Kier molecular flexibility index (Phi) is 3.19. The Labute approximate surface area is 98.8 Å². The number of piperidine rings is 1. The monoisotopic (exact) mass is 242 g/mol. The molecule has 5 heteroatoms. The second kappa shape index (κ2) is 4.49. The van der Waals surface area contributed by atoms with E-state index < -0.39 is 12.0 Å². The van der Waals surface area contributed by atoms with Crippen LogP contribution in [0, 0.1) is 0 Å². The Morgan fingerprint density at radius 2 is 1.94 bits per heavy atom. The molecule has 2 rings (SSSR count). The number of hydrogen-bond donors (Lipinski definition) is 2. The molecule has 0 radical (unpaired) electrons. The quantitative estimate of drug-likeness (QED) is 0.833. The van der Waals surface area contributed by atoms with Gasteiger partial charge in [-0.1, -0.05) is 6.07 Å². The number of nitrogens with zero attached hydrogens (tertiary/aromatic N) is 1. The number of alkyl halides is 2. The predicted molar refractivity (Wildman–Crippen MR) is 62.5 cm³/mol. The number of halogens is 2. The summed E-state index contributed by atoms with van der Waals surface area (Å²) < 4.78 is 25.4. The van der Waals surface area contributed by atoms with Crippen molar-refractivity contribution in [3.63, 3.8) is 0 Å². The Morgan fingerprint density at radius 1 is 1.29 bits per heavy atom.